The van der Waals surface area contributed by atoms with Gasteiger partial charge in [-0.05, 0) is 0 Å². The SMILES string of the molecule is [CH]1=[SnH][O]Oc2ccccc21. The van der Waals surface area contributed by atoms with Gasteiger partial charge in [-0.15, -0.1) is 0 Å². The zero-order chi connectivity index (χ0) is 6.81. The summed E-state index contributed by atoms with van der Waals surface area (Å²) in [7, 11) is 0. The van der Waals surface area contributed by atoms with Crippen LogP contribution < -0.4 is 4.89 Å². The molecule has 2 nitrogen and oxygen atoms in total. The van der Waals surface area contributed by atoms with Gasteiger partial charge in [0.2, 0.25) is 0 Å². The Hall–Kier alpha value is -0.351. The number of hydrogen-bond acceptors (Lipinski definition) is 2. The van der Waals surface area contributed by atoms with Crippen LogP contribution >= 0.6 is 0 Å². The third-order valence-electron chi connectivity index (χ3n) is 1.36. The summed E-state index contributed by atoms with van der Waals surface area (Å²) in [6, 6.07) is 7.90. The summed E-state index contributed by atoms with van der Waals surface area (Å²) in [6.45, 7) is 0. The van der Waals surface area contributed by atoms with Crippen molar-refractivity contribution in [3.63, 3.8) is 0 Å². The number of fused-ring (bicyclic) bond motifs is 1. The van der Waals surface area contributed by atoms with Gasteiger partial charge in [0.05, 0.1) is 0 Å². The Morgan fingerprint density at radius 2 is 2.10 bits per heavy atom. The van der Waals surface area contributed by atoms with Crippen LogP contribution in [0.1, 0.15) is 5.56 Å². The zero-order valence-electron chi connectivity index (χ0n) is 5.28. The molecule has 50 valence electrons. The molecule has 0 spiro atoms. The fourth-order valence-electron chi connectivity index (χ4n) is 0.875. The van der Waals surface area contributed by atoms with E-state index in [1.807, 2.05) is 24.3 Å². The van der Waals surface area contributed by atoms with Gasteiger partial charge in [0.25, 0.3) is 0 Å². The molecule has 3 heteroatoms. The normalized spacial score (nSPS) is 14.0. The maximum atomic E-state index is 4.98. The maximum absolute atomic E-state index is 4.98. The van der Waals surface area contributed by atoms with Crippen molar-refractivity contribution in [2.24, 2.45) is 0 Å². The van der Waals surface area contributed by atoms with Crippen molar-refractivity contribution in [1.82, 2.24) is 0 Å². The van der Waals surface area contributed by atoms with Gasteiger partial charge >= 0.3 is 68.8 Å². The summed E-state index contributed by atoms with van der Waals surface area (Å²) in [4.78, 5) is 4.98. The molecule has 1 aliphatic heterocycles. The van der Waals surface area contributed by atoms with E-state index in [2.05, 4.69) is 4.02 Å². The number of hydrogen-bond donors (Lipinski definition) is 0. The molecule has 1 heterocycles. The molecule has 1 aliphatic rings. The molecule has 0 saturated carbocycles. The Labute approximate surface area is 69.0 Å². The van der Waals surface area contributed by atoms with E-state index in [0.717, 1.165) is 5.75 Å². The van der Waals surface area contributed by atoms with Crippen LogP contribution in [0.2, 0.25) is 0 Å². The predicted octanol–water partition coefficient (Wildman–Crippen LogP) is 0.512. The molecule has 1 aromatic rings. The minimum atomic E-state index is -0.947. The fourth-order valence-corrected chi connectivity index (χ4v) is 2.69. The first-order chi connectivity index (χ1) is 4.97. The van der Waals surface area contributed by atoms with Gasteiger partial charge in [-0.3, -0.25) is 0 Å². The van der Waals surface area contributed by atoms with Crippen LogP contribution in [0.4, 0.5) is 0 Å². The average molecular weight is 241 g/mol. The summed E-state index contributed by atoms with van der Waals surface area (Å²) in [6.07, 6.45) is 0. The Balaban J connectivity index is 2.54. The molecule has 0 radical (unpaired) electrons. The molecule has 0 N–H and O–H groups in total. The molecular formula is C7H6O2Sn. The molecule has 1 aromatic carbocycles. The third-order valence-corrected chi connectivity index (χ3v) is 3.37. The van der Waals surface area contributed by atoms with E-state index >= 15 is 0 Å². The van der Waals surface area contributed by atoms with Crippen molar-refractivity contribution < 1.29 is 8.11 Å². The Morgan fingerprint density at radius 1 is 1.20 bits per heavy atom. The summed E-state index contributed by atoms with van der Waals surface area (Å²) in [5.41, 5.74) is 1.19. The van der Waals surface area contributed by atoms with Crippen LogP contribution in [0.5, 0.6) is 5.75 Å². The predicted molar refractivity (Wildman–Crippen MR) is 40.5 cm³/mol. The number of rotatable bonds is 0. The van der Waals surface area contributed by atoms with Crippen LogP contribution in [-0.2, 0) is 3.22 Å². The van der Waals surface area contributed by atoms with Gasteiger partial charge in [0, 0.05) is 0 Å². The van der Waals surface area contributed by atoms with Crippen LogP contribution in [0.15, 0.2) is 24.3 Å². The van der Waals surface area contributed by atoms with E-state index < -0.39 is 21.1 Å². The summed E-state index contributed by atoms with van der Waals surface area (Å²) >= 11 is -0.947. The molecule has 0 atom stereocenters. The van der Waals surface area contributed by atoms with E-state index in [1.54, 1.807) is 0 Å². The van der Waals surface area contributed by atoms with Crippen LogP contribution in [0.25, 0.3) is 0 Å². The molecule has 0 fully saturated rings. The van der Waals surface area contributed by atoms with Crippen molar-refractivity contribution in [2.45, 2.75) is 0 Å². The Bertz CT molecular complexity index is 270. The number of para-hydroxylation sites is 1. The second-order valence-electron chi connectivity index (χ2n) is 2.02. The van der Waals surface area contributed by atoms with E-state index in [1.165, 1.54) is 5.56 Å². The number of benzene rings is 1. The molecular weight excluding hydrogens is 235 g/mol. The van der Waals surface area contributed by atoms with Crippen molar-refractivity contribution in [2.75, 3.05) is 0 Å². The Morgan fingerprint density at radius 3 is 3.00 bits per heavy atom. The summed E-state index contributed by atoms with van der Waals surface area (Å²) < 4.78 is 7.11. The molecule has 0 bridgehead atoms. The second kappa shape index (κ2) is 2.72. The Kier molecular flexibility index (Phi) is 1.73. The molecule has 0 aromatic heterocycles. The molecule has 0 amide bonds. The van der Waals surface area contributed by atoms with E-state index in [9.17, 15) is 0 Å². The first-order valence-corrected chi connectivity index (χ1v) is 6.30. The summed E-state index contributed by atoms with van der Waals surface area (Å²) in [5, 5.41) is 0. The topological polar surface area (TPSA) is 18.5 Å². The fraction of sp³-hybridized carbons (Fsp3) is 0. The monoisotopic (exact) mass is 242 g/mol. The summed E-state index contributed by atoms with van der Waals surface area (Å²) in [5.74, 6) is 0.847. The molecule has 10 heavy (non-hydrogen) atoms. The van der Waals surface area contributed by atoms with E-state index in [0.29, 0.717) is 0 Å². The standard InChI is InChI=1S/C7H6O2.Sn.H/c1-6-4-2-3-5-7(6)9-8;;/h1-5,8H;;/q;+1;/p-1. The second-order valence-corrected chi connectivity index (χ2v) is 4.30. The van der Waals surface area contributed by atoms with Crippen molar-refractivity contribution in [3.05, 3.63) is 29.8 Å². The van der Waals surface area contributed by atoms with Crippen molar-refractivity contribution >= 4 is 25.1 Å². The minimum absolute atomic E-state index is 0.847. The third kappa shape index (κ3) is 1.09. The molecule has 0 unspecified atom stereocenters. The van der Waals surface area contributed by atoms with Gasteiger partial charge in [-0.25, -0.2) is 0 Å². The zero-order valence-corrected chi connectivity index (χ0v) is 8.58. The molecule has 0 aliphatic carbocycles. The van der Waals surface area contributed by atoms with Gasteiger partial charge in [-0.2, -0.15) is 0 Å². The van der Waals surface area contributed by atoms with Crippen molar-refractivity contribution in [1.29, 1.82) is 0 Å². The van der Waals surface area contributed by atoms with Gasteiger partial charge in [0.15, 0.2) is 0 Å². The van der Waals surface area contributed by atoms with Gasteiger partial charge in [-0.1, -0.05) is 0 Å². The van der Waals surface area contributed by atoms with Crippen LogP contribution in [0.3, 0.4) is 0 Å². The first kappa shape index (κ1) is 6.36. The van der Waals surface area contributed by atoms with Crippen LogP contribution in [-0.4, -0.2) is 25.1 Å². The van der Waals surface area contributed by atoms with E-state index in [-0.39, 0.29) is 0 Å². The molecule has 2 rings (SSSR count). The quantitative estimate of drug-likeness (QED) is 0.486. The molecule has 0 saturated heterocycles. The van der Waals surface area contributed by atoms with Crippen LogP contribution in [0, 0.1) is 0 Å². The average Bonchev–Trinajstić information content (AvgIpc) is 2.05. The van der Waals surface area contributed by atoms with Crippen molar-refractivity contribution in [3.8, 4) is 5.75 Å². The van der Waals surface area contributed by atoms with Gasteiger partial charge < -0.3 is 0 Å². The first-order valence-electron chi connectivity index (χ1n) is 3.06. The van der Waals surface area contributed by atoms with E-state index in [4.69, 9.17) is 8.11 Å². The van der Waals surface area contributed by atoms with Gasteiger partial charge in [0.1, 0.15) is 0 Å².